The van der Waals surface area contributed by atoms with E-state index in [-0.39, 0.29) is 18.4 Å². The smallest absolute Gasteiger partial charge is 0.243 e. The van der Waals surface area contributed by atoms with Gasteiger partial charge >= 0.3 is 0 Å². The Hall–Kier alpha value is -1.10. The molecule has 0 bridgehead atoms. The lowest BCUT2D eigenvalue weighted by Crippen LogP contribution is -2.55. The molecule has 0 aliphatic carbocycles. The predicted octanol–water partition coefficient (Wildman–Crippen LogP) is 0.749. The summed E-state index contributed by atoms with van der Waals surface area (Å²) in [6.07, 6.45) is 2.65. The summed E-state index contributed by atoms with van der Waals surface area (Å²) < 4.78 is 0. The van der Waals surface area contributed by atoms with E-state index in [0.717, 1.165) is 25.8 Å². The van der Waals surface area contributed by atoms with E-state index in [1.165, 1.54) is 4.90 Å². The standard InChI is InChI=1S/C14H27N3O2/c1-5-14(7-6-8-16-14)13(19)17(4)10-12(18)15-9-11(2)3/h11,16H,5-10H2,1-4H3,(H,15,18). The quantitative estimate of drug-likeness (QED) is 0.748. The molecule has 5 heteroatoms. The molecule has 0 aromatic carbocycles. The number of nitrogens with one attached hydrogen (secondary N) is 2. The van der Waals surface area contributed by atoms with Gasteiger partial charge in [0.1, 0.15) is 0 Å². The molecular formula is C14H27N3O2. The van der Waals surface area contributed by atoms with Crippen LogP contribution in [-0.2, 0) is 9.59 Å². The third-order valence-electron chi connectivity index (χ3n) is 3.69. The van der Waals surface area contributed by atoms with E-state index < -0.39 is 5.54 Å². The summed E-state index contributed by atoms with van der Waals surface area (Å²) in [5, 5.41) is 6.14. The van der Waals surface area contributed by atoms with Crippen LogP contribution in [0, 0.1) is 5.92 Å². The summed E-state index contributed by atoms with van der Waals surface area (Å²) in [7, 11) is 1.70. The Labute approximate surface area is 116 Å². The first-order chi connectivity index (χ1) is 8.91. The molecular weight excluding hydrogens is 242 g/mol. The van der Waals surface area contributed by atoms with Crippen LogP contribution in [0.2, 0.25) is 0 Å². The molecule has 1 fully saturated rings. The van der Waals surface area contributed by atoms with E-state index in [2.05, 4.69) is 10.6 Å². The molecule has 1 heterocycles. The molecule has 2 amide bonds. The molecule has 0 saturated carbocycles. The summed E-state index contributed by atoms with van der Waals surface area (Å²) in [5.41, 5.74) is -0.451. The van der Waals surface area contributed by atoms with Crippen molar-refractivity contribution in [3.8, 4) is 0 Å². The van der Waals surface area contributed by atoms with E-state index in [4.69, 9.17) is 0 Å². The largest absolute Gasteiger partial charge is 0.354 e. The van der Waals surface area contributed by atoms with Crippen LogP contribution < -0.4 is 10.6 Å². The number of carbonyl (C=O) groups excluding carboxylic acids is 2. The van der Waals surface area contributed by atoms with Crippen LogP contribution >= 0.6 is 0 Å². The lowest BCUT2D eigenvalue weighted by atomic mass is 9.92. The fourth-order valence-corrected chi connectivity index (χ4v) is 2.47. The van der Waals surface area contributed by atoms with E-state index in [1.54, 1.807) is 7.05 Å². The van der Waals surface area contributed by atoms with Crippen LogP contribution in [0.3, 0.4) is 0 Å². The van der Waals surface area contributed by atoms with Crippen molar-refractivity contribution in [1.29, 1.82) is 0 Å². The molecule has 1 aliphatic heterocycles. The molecule has 1 aliphatic rings. The molecule has 0 aromatic rings. The third-order valence-corrected chi connectivity index (χ3v) is 3.69. The summed E-state index contributed by atoms with van der Waals surface area (Å²) in [4.78, 5) is 25.7. The van der Waals surface area contributed by atoms with Gasteiger partial charge in [-0.3, -0.25) is 9.59 Å². The summed E-state index contributed by atoms with van der Waals surface area (Å²) >= 11 is 0. The van der Waals surface area contributed by atoms with Gasteiger partial charge in [-0.05, 0) is 31.7 Å². The van der Waals surface area contributed by atoms with Gasteiger partial charge in [0.2, 0.25) is 11.8 Å². The molecule has 1 rings (SSSR count). The van der Waals surface area contributed by atoms with Crippen molar-refractivity contribution in [2.24, 2.45) is 5.92 Å². The second kappa shape index (κ2) is 6.89. The Morgan fingerprint density at radius 1 is 1.42 bits per heavy atom. The second-order valence-corrected chi connectivity index (χ2v) is 5.83. The first-order valence-corrected chi connectivity index (χ1v) is 7.18. The molecule has 0 radical (unpaired) electrons. The monoisotopic (exact) mass is 269 g/mol. The first kappa shape index (κ1) is 16.0. The van der Waals surface area contributed by atoms with E-state index in [0.29, 0.717) is 12.5 Å². The maximum atomic E-state index is 12.5. The van der Waals surface area contributed by atoms with Gasteiger partial charge in [-0.25, -0.2) is 0 Å². The third kappa shape index (κ3) is 4.20. The molecule has 1 unspecified atom stereocenters. The van der Waals surface area contributed by atoms with Crippen molar-refractivity contribution < 1.29 is 9.59 Å². The van der Waals surface area contributed by atoms with Gasteiger partial charge in [-0.1, -0.05) is 20.8 Å². The van der Waals surface area contributed by atoms with E-state index in [1.807, 2.05) is 20.8 Å². The fourth-order valence-electron chi connectivity index (χ4n) is 2.47. The Morgan fingerprint density at radius 3 is 2.58 bits per heavy atom. The molecule has 1 saturated heterocycles. The summed E-state index contributed by atoms with van der Waals surface area (Å²) in [5.74, 6) is 0.365. The number of likely N-dealkylation sites (N-methyl/N-ethyl adjacent to an activating group) is 1. The van der Waals surface area contributed by atoms with Crippen molar-refractivity contribution in [1.82, 2.24) is 15.5 Å². The van der Waals surface area contributed by atoms with Gasteiger partial charge in [-0.15, -0.1) is 0 Å². The number of hydrogen-bond donors (Lipinski definition) is 2. The maximum absolute atomic E-state index is 12.5. The highest BCUT2D eigenvalue weighted by Gasteiger charge is 2.41. The van der Waals surface area contributed by atoms with Crippen LogP contribution in [0.5, 0.6) is 0 Å². The lowest BCUT2D eigenvalue weighted by Gasteiger charge is -2.31. The van der Waals surface area contributed by atoms with Gasteiger partial charge < -0.3 is 15.5 Å². The highest BCUT2D eigenvalue weighted by Crippen LogP contribution is 2.24. The zero-order valence-electron chi connectivity index (χ0n) is 12.6. The van der Waals surface area contributed by atoms with Gasteiger partial charge in [0.25, 0.3) is 0 Å². The van der Waals surface area contributed by atoms with Crippen molar-refractivity contribution >= 4 is 11.8 Å². The minimum Gasteiger partial charge on any atom is -0.354 e. The summed E-state index contributed by atoms with van der Waals surface area (Å²) in [6.45, 7) is 7.77. The predicted molar refractivity (Wildman–Crippen MR) is 75.7 cm³/mol. The molecule has 0 spiro atoms. The number of nitrogens with zero attached hydrogens (tertiary/aromatic N) is 1. The van der Waals surface area contributed by atoms with Crippen molar-refractivity contribution in [3.05, 3.63) is 0 Å². The van der Waals surface area contributed by atoms with Crippen LogP contribution in [0.1, 0.15) is 40.0 Å². The van der Waals surface area contributed by atoms with Gasteiger partial charge in [0.05, 0.1) is 12.1 Å². The Balaban J connectivity index is 2.50. The topological polar surface area (TPSA) is 61.4 Å². The average Bonchev–Trinajstić information content (AvgIpc) is 2.85. The highest BCUT2D eigenvalue weighted by atomic mass is 16.2. The van der Waals surface area contributed by atoms with Gasteiger partial charge in [-0.2, -0.15) is 0 Å². The minimum absolute atomic E-state index is 0.0344. The Kier molecular flexibility index (Phi) is 5.79. The number of hydrogen-bond acceptors (Lipinski definition) is 3. The molecule has 19 heavy (non-hydrogen) atoms. The molecule has 0 aromatic heterocycles. The SMILES string of the molecule is CCC1(C(=O)N(C)CC(=O)NCC(C)C)CCCN1. The zero-order chi connectivity index (χ0) is 14.5. The number of carbonyl (C=O) groups is 2. The summed E-state index contributed by atoms with van der Waals surface area (Å²) in [6, 6.07) is 0. The second-order valence-electron chi connectivity index (χ2n) is 5.83. The van der Waals surface area contributed by atoms with Crippen molar-refractivity contribution in [2.45, 2.75) is 45.6 Å². The van der Waals surface area contributed by atoms with Crippen molar-refractivity contribution in [3.63, 3.8) is 0 Å². The average molecular weight is 269 g/mol. The minimum atomic E-state index is -0.451. The number of rotatable bonds is 6. The molecule has 1 atom stereocenters. The molecule has 2 N–H and O–H groups in total. The van der Waals surface area contributed by atoms with Crippen molar-refractivity contribution in [2.75, 3.05) is 26.7 Å². The number of amides is 2. The normalized spacial score (nSPS) is 22.6. The van der Waals surface area contributed by atoms with Gasteiger partial charge in [0.15, 0.2) is 0 Å². The highest BCUT2D eigenvalue weighted by molar-refractivity contribution is 5.90. The van der Waals surface area contributed by atoms with Crippen LogP contribution in [0.4, 0.5) is 0 Å². The van der Waals surface area contributed by atoms with Crippen LogP contribution in [0.25, 0.3) is 0 Å². The maximum Gasteiger partial charge on any atom is 0.243 e. The first-order valence-electron chi connectivity index (χ1n) is 7.18. The molecule has 5 nitrogen and oxygen atoms in total. The molecule has 110 valence electrons. The zero-order valence-corrected chi connectivity index (χ0v) is 12.6. The van der Waals surface area contributed by atoms with Crippen LogP contribution in [0.15, 0.2) is 0 Å². The fraction of sp³-hybridized carbons (Fsp3) is 0.857. The Morgan fingerprint density at radius 2 is 2.11 bits per heavy atom. The van der Waals surface area contributed by atoms with Gasteiger partial charge in [0, 0.05) is 13.6 Å². The lowest BCUT2D eigenvalue weighted by molar-refractivity contribution is -0.140. The van der Waals surface area contributed by atoms with Crippen LogP contribution in [-0.4, -0.2) is 48.9 Å². The van der Waals surface area contributed by atoms with E-state index in [9.17, 15) is 9.59 Å². The van der Waals surface area contributed by atoms with E-state index >= 15 is 0 Å². The Bertz CT molecular complexity index is 323.